The molecule has 1 unspecified atom stereocenters. The first-order chi connectivity index (χ1) is 16.7. The summed E-state index contributed by atoms with van der Waals surface area (Å²) in [7, 11) is 2.74. The number of phenols is 1. The fourth-order valence-corrected chi connectivity index (χ4v) is 4.74. The molecule has 3 aromatic rings. The molecule has 1 saturated heterocycles. The summed E-state index contributed by atoms with van der Waals surface area (Å²) in [6, 6.07) is 13.6. The van der Waals surface area contributed by atoms with E-state index in [0.29, 0.717) is 16.8 Å². The molecule has 0 aromatic heterocycles. The molecular formula is C26H21Cl2NO6. The number of Topliss-reactive ketones (excluding diaryl/α,β-unsaturated/α-hetero) is 1. The number of phenolic OH excluding ortho intramolecular Hbond substituents is 1. The zero-order chi connectivity index (χ0) is 25.4. The van der Waals surface area contributed by atoms with Gasteiger partial charge in [-0.05, 0) is 54.4 Å². The van der Waals surface area contributed by atoms with E-state index in [1.165, 1.54) is 31.3 Å². The number of halogens is 2. The molecule has 1 amide bonds. The van der Waals surface area contributed by atoms with Gasteiger partial charge in [0.05, 0.1) is 41.4 Å². The number of carbonyl (C=O) groups excluding carboxylic acids is 2. The van der Waals surface area contributed by atoms with Crippen molar-refractivity contribution in [3.8, 4) is 17.2 Å². The minimum Gasteiger partial charge on any atom is -0.507 e. The Kier molecular flexibility index (Phi) is 6.65. The molecule has 7 nitrogen and oxygen atoms in total. The van der Waals surface area contributed by atoms with Gasteiger partial charge in [0, 0.05) is 5.69 Å². The second kappa shape index (κ2) is 9.52. The molecule has 0 radical (unpaired) electrons. The summed E-state index contributed by atoms with van der Waals surface area (Å²) in [6.45, 7) is 1.77. The molecule has 2 N–H and O–H groups in total. The van der Waals surface area contributed by atoms with E-state index in [1.54, 1.807) is 49.4 Å². The van der Waals surface area contributed by atoms with Crippen molar-refractivity contribution in [1.29, 1.82) is 0 Å². The third-order valence-corrected chi connectivity index (χ3v) is 6.28. The van der Waals surface area contributed by atoms with E-state index in [-0.39, 0.29) is 38.4 Å². The maximum absolute atomic E-state index is 13.4. The predicted molar refractivity (Wildman–Crippen MR) is 134 cm³/mol. The average molecular weight is 514 g/mol. The number of rotatable bonds is 5. The van der Waals surface area contributed by atoms with Gasteiger partial charge < -0.3 is 19.7 Å². The number of benzene rings is 3. The van der Waals surface area contributed by atoms with Crippen LogP contribution in [-0.2, 0) is 9.59 Å². The van der Waals surface area contributed by atoms with Crippen molar-refractivity contribution in [3.05, 3.63) is 86.9 Å². The van der Waals surface area contributed by atoms with E-state index in [1.807, 2.05) is 0 Å². The van der Waals surface area contributed by atoms with Crippen LogP contribution in [0.5, 0.6) is 17.2 Å². The fourth-order valence-electron chi connectivity index (χ4n) is 4.17. The highest BCUT2D eigenvalue weighted by Gasteiger charge is 2.47. The number of hydrogen-bond acceptors (Lipinski definition) is 6. The number of ether oxygens (including phenoxy) is 2. The molecule has 3 aromatic carbocycles. The number of aryl methyl sites for hydroxylation is 1. The maximum Gasteiger partial charge on any atom is 0.300 e. The molecule has 35 heavy (non-hydrogen) atoms. The zero-order valence-electron chi connectivity index (χ0n) is 19.0. The van der Waals surface area contributed by atoms with Crippen LogP contribution in [0.3, 0.4) is 0 Å². The van der Waals surface area contributed by atoms with Crippen LogP contribution >= 0.6 is 23.2 Å². The zero-order valence-corrected chi connectivity index (χ0v) is 20.5. The van der Waals surface area contributed by atoms with Crippen molar-refractivity contribution in [3.63, 3.8) is 0 Å². The van der Waals surface area contributed by atoms with Gasteiger partial charge in [0.15, 0.2) is 11.5 Å². The van der Waals surface area contributed by atoms with Gasteiger partial charge in [0.25, 0.3) is 11.7 Å². The molecule has 1 fully saturated rings. The number of anilines is 1. The lowest BCUT2D eigenvalue weighted by Crippen LogP contribution is -2.29. The number of para-hydroxylation sites is 1. The van der Waals surface area contributed by atoms with Crippen LogP contribution < -0.4 is 14.4 Å². The number of aromatic hydroxyl groups is 1. The highest BCUT2D eigenvalue weighted by Crippen LogP contribution is 2.47. The molecule has 0 saturated carbocycles. The lowest BCUT2D eigenvalue weighted by atomic mass is 9.94. The molecule has 1 aliphatic rings. The van der Waals surface area contributed by atoms with Crippen LogP contribution in [0.4, 0.5) is 5.69 Å². The van der Waals surface area contributed by atoms with Crippen molar-refractivity contribution < 1.29 is 29.3 Å². The average Bonchev–Trinajstić information content (AvgIpc) is 3.10. The van der Waals surface area contributed by atoms with Gasteiger partial charge >= 0.3 is 0 Å². The van der Waals surface area contributed by atoms with Crippen LogP contribution in [0.25, 0.3) is 5.76 Å². The molecule has 1 aliphatic heterocycles. The van der Waals surface area contributed by atoms with Crippen molar-refractivity contribution in [1.82, 2.24) is 0 Å². The van der Waals surface area contributed by atoms with E-state index < -0.39 is 23.5 Å². The van der Waals surface area contributed by atoms with Crippen LogP contribution in [0, 0.1) is 6.92 Å². The van der Waals surface area contributed by atoms with Crippen molar-refractivity contribution >= 4 is 46.3 Å². The van der Waals surface area contributed by atoms with Crippen LogP contribution in [-0.4, -0.2) is 36.1 Å². The first-order valence-electron chi connectivity index (χ1n) is 10.5. The van der Waals surface area contributed by atoms with Gasteiger partial charge in [-0.15, -0.1) is 0 Å². The number of amides is 1. The summed E-state index contributed by atoms with van der Waals surface area (Å²) in [5, 5.41) is 21.9. The summed E-state index contributed by atoms with van der Waals surface area (Å²) in [5.41, 5.74) is 1.44. The van der Waals surface area contributed by atoms with Gasteiger partial charge in [0.2, 0.25) is 0 Å². The number of nitrogens with zero attached hydrogens (tertiary/aromatic N) is 1. The summed E-state index contributed by atoms with van der Waals surface area (Å²) >= 11 is 12.6. The first-order valence-corrected chi connectivity index (χ1v) is 11.2. The molecule has 1 atom stereocenters. The fraction of sp³-hybridized carbons (Fsp3) is 0.154. The van der Waals surface area contributed by atoms with E-state index >= 15 is 0 Å². The second-order valence-electron chi connectivity index (χ2n) is 7.89. The van der Waals surface area contributed by atoms with Gasteiger partial charge in [-0.3, -0.25) is 14.5 Å². The van der Waals surface area contributed by atoms with E-state index in [2.05, 4.69) is 0 Å². The summed E-state index contributed by atoms with van der Waals surface area (Å²) in [4.78, 5) is 27.9. The Bertz CT molecular complexity index is 1370. The van der Waals surface area contributed by atoms with Crippen LogP contribution in [0.1, 0.15) is 22.7 Å². The molecule has 4 rings (SSSR count). The minimum atomic E-state index is -1.09. The number of aliphatic hydroxyl groups excluding tert-OH is 1. The molecular weight excluding hydrogens is 493 g/mol. The Morgan fingerprint density at radius 3 is 2.29 bits per heavy atom. The van der Waals surface area contributed by atoms with E-state index in [0.717, 1.165) is 0 Å². The Morgan fingerprint density at radius 1 is 0.971 bits per heavy atom. The lowest BCUT2D eigenvalue weighted by Gasteiger charge is -2.26. The molecule has 180 valence electrons. The van der Waals surface area contributed by atoms with Gasteiger partial charge in [-0.1, -0.05) is 41.4 Å². The Balaban J connectivity index is 2.06. The molecule has 1 heterocycles. The van der Waals surface area contributed by atoms with Gasteiger partial charge in [-0.2, -0.15) is 0 Å². The van der Waals surface area contributed by atoms with Crippen LogP contribution in [0.15, 0.2) is 60.2 Å². The molecule has 9 heteroatoms. The van der Waals surface area contributed by atoms with Crippen molar-refractivity contribution in [2.24, 2.45) is 0 Å². The normalized spacial score (nSPS) is 17.1. The highest BCUT2D eigenvalue weighted by molar-refractivity contribution is 6.52. The highest BCUT2D eigenvalue weighted by atomic mass is 35.5. The molecule has 0 bridgehead atoms. The third-order valence-electron chi connectivity index (χ3n) is 5.71. The molecule has 0 aliphatic carbocycles. The van der Waals surface area contributed by atoms with E-state index in [9.17, 15) is 19.8 Å². The maximum atomic E-state index is 13.4. The van der Waals surface area contributed by atoms with Crippen molar-refractivity contribution in [2.75, 3.05) is 19.1 Å². The number of methoxy groups -OCH3 is 2. The number of aliphatic hydroxyl groups is 1. The SMILES string of the molecule is COc1cc(C2/C(=C(\O)c3cc(C)cc(Cl)c3OC)C(=O)C(=O)N2c2ccccc2)cc(Cl)c1O. The topological polar surface area (TPSA) is 96.3 Å². The summed E-state index contributed by atoms with van der Waals surface area (Å²) in [5.74, 6) is -2.30. The summed E-state index contributed by atoms with van der Waals surface area (Å²) in [6.07, 6.45) is 0. The second-order valence-corrected chi connectivity index (χ2v) is 8.70. The standard InChI is InChI=1S/C26H21Cl2NO6/c1-13-9-16(25(35-3)18(28)10-13)22(30)20-21(14-11-17(27)23(31)19(12-14)34-2)29(26(33)24(20)32)15-7-5-4-6-8-15/h4-12,21,30-31H,1-3H3/b22-20+. The predicted octanol–water partition coefficient (Wildman–Crippen LogP) is 5.65. The molecule has 0 spiro atoms. The Labute approximate surface area is 211 Å². The Hall–Kier alpha value is -3.68. The lowest BCUT2D eigenvalue weighted by molar-refractivity contribution is -0.132. The Morgan fingerprint density at radius 2 is 1.66 bits per heavy atom. The first kappa shape index (κ1) is 24.4. The third kappa shape index (κ3) is 4.17. The van der Waals surface area contributed by atoms with Crippen LogP contribution in [0.2, 0.25) is 10.0 Å². The minimum absolute atomic E-state index is 0.0438. The monoisotopic (exact) mass is 513 g/mol. The van der Waals surface area contributed by atoms with E-state index in [4.69, 9.17) is 32.7 Å². The van der Waals surface area contributed by atoms with Gasteiger partial charge in [0.1, 0.15) is 11.5 Å². The largest absolute Gasteiger partial charge is 0.507 e. The summed E-state index contributed by atoms with van der Waals surface area (Å²) < 4.78 is 10.6. The number of carbonyl (C=O) groups is 2. The number of ketones is 1. The van der Waals surface area contributed by atoms with Crippen molar-refractivity contribution in [2.45, 2.75) is 13.0 Å². The number of hydrogen-bond donors (Lipinski definition) is 2. The quantitative estimate of drug-likeness (QED) is 0.260. The smallest absolute Gasteiger partial charge is 0.300 e. The van der Waals surface area contributed by atoms with Gasteiger partial charge in [-0.25, -0.2) is 0 Å².